The van der Waals surface area contributed by atoms with Crippen LogP contribution < -0.4 is 10.0 Å². The number of aliphatic carboxylic acids is 1. The van der Waals surface area contributed by atoms with Crippen molar-refractivity contribution in [3.8, 4) is 0 Å². The van der Waals surface area contributed by atoms with Crippen LogP contribution in [0.5, 0.6) is 0 Å². The predicted molar refractivity (Wildman–Crippen MR) is 98.6 cm³/mol. The Morgan fingerprint density at radius 1 is 1.23 bits per heavy atom. The minimum Gasteiger partial charge on any atom is -0.479 e. The molecule has 142 valence electrons. The van der Waals surface area contributed by atoms with E-state index in [-0.39, 0.29) is 23.3 Å². The van der Waals surface area contributed by atoms with Crippen molar-refractivity contribution in [2.75, 3.05) is 11.5 Å². The Hall–Kier alpha value is -1.58. The Balaban J connectivity index is 1.54. The zero-order valence-electron chi connectivity index (χ0n) is 14.2. The smallest absolute Gasteiger partial charge is 0.330 e. The molecule has 2 fully saturated rings. The highest BCUT2D eigenvalue weighted by Gasteiger charge is 2.43. The first-order chi connectivity index (χ1) is 12.3. The van der Waals surface area contributed by atoms with Crippen molar-refractivity contribution >= 4 is 33.7 Å². The van der Waals surface area contributed by atoms with Crippen LogP contribution in [0.4, 0.5) is 0 Å². The number of benzene rings is 1. The van der Waals surface area contributed by atoms with Crippen molar-refractivity contribution in [1.82, 2.24) is 10.0 Å². The second-order valence-corrected chi connectivity index (χ2v) is 9.60. The molecular formula is C17H22N2O5S2. The van der Waals surface area contributed by atoms with E-state index < -0.39 is 21.5 Å². The summed E-state index contributed by atoms with van der Waals surface area (Å²) in [7, 11) is -3.48. The fourth-order valence-corrected chi connectivity index (χ4v) is 5.43. The molecule has 2 aliphatic rings. The monoisotopic (exact) mass is 398 g/mol. The topological polar surface area (TPSA) is 113 Å². The van der Waals surface area contributed by atoms with Crippen molar-refractivity contribution in [3.63, 3.8) is 0 Å². The van der Waals surface area contributed by atoms with E-state index in [2.05, 4.69) is 10.0 Å². The highest BCUT2D eigenvalue weighted by Crippen LogP contribution is 2.28. The second-order valence-electron chi connectivity index (χ2n) is 6.78. The van der Waals surface area contributed by atoms with Crippen LogP contribution >= 0.6 is 11.8 Å². The van der Waals surface area contributed by atoms with Gasteiger partial charge in [0.1, 0.15) is 5.54 Å². The van der Waals surface area contributed by atoms with Gasteiger partial charge in [-0.25, -0.2) is 17.9 Å². The number of sulfonamides is 1. The third-order valence-electron chi connectivity index (χ3n) is 4.58. The SMILES string of the molecule is O=C(CCc1ccc(S(=O)(=O)NC2CC2)cc1)NC1(C(=O)O)CCSC1. The molecule has 7 nitrogen and oxygen atoms in total. The van der Waals surface area contributed by atoms with Crippen molar-refractivity contribution in [1.29, 1.82) is 0 Å². The highest BCUT2D eigenvalue weighted by molar-refractivity contribution is 7.99. The van der Waals surface area contributed by atoms with Gasteiger partial charge in [0, 0.05) is 18.2 Å². The van der Waals surface area contributed by atoms with E-state index in [1.807, 2.05) is 0 Å². The molecule has 1 aliphatic heterocycles. The lowest BCUT2D eigenvalue weighted by Crippen LogP contribution is -2.54. The predicted octanol–water partition coefficient (Wildman–Crippen LogP) is 1.14. The van der Waals surface area contributed by atoms with E-state index >= 15 is 0 Å². The van der Waals surface area contributed by atoms with Gasteiger partial charge in [-0.1, -0.05) is 12.1 Å². The van der Waals surface area contributed by atoms with Crippen molar-refractivity contribution in [2.24, 2.45) is 0 Å². The molecule has 1 atom stereocenters. The van der Waals surface area contributed by atoms with Gasteiger partial charge < -0.3 is 10.4 Å². The molecule has 1 saturated heterocycles. The van der Waals surface area contributed by atoms with E-state index in [4.69, 9.17) is 0 Å². The molecule has 1 aromatic carbocycles. The Labute approximate surface area is 157 Å². The zero-order chi connectivity index (χ0) is 18.8. The average molecular weight is 399 g/mol. The lowest BCUT2D eigenvalue weighted by atomic mass is 9.98. The molecule has 1 aromatic rings. The molecule has 3 N–H and O–H groups in total. The third kappa shape index (κ3) is 4.57. The summed E-state index contributed by atoms with van der Waals surface area (Å²) in [5.74, 6) is -0.193. The average Bonchev–Trinajstić information content (AvgIpc) is 3.26. The summed E-state index contributed by atoms with van der Waals surface area (Å²) in [6, 6.07) is 6.49. The Kier molecular flexibility index (Phi) is 5.59. The van der Waals surface area contributed by atoms with Gasteiger partial charge in [-0.05, 0) is 49.1 Å². The molecule has 1 aliphatic carbocycles. The number of rotatable bonds is 8. The lowest BCUT2D eigenvalue weighted by Gasteiger charge is -2.24. The fourth-order valence-electron chi connectivity index (χ4n) is 2.80. The second kappa shape index (κ2) is 7.58. The maximum absolute atomic E-state index is 12.1. The van der Waals surface area contributed by atoms with Crippen LogP contribution in [0.2, 0.25) is 0 Å². The summed E-state index contributed by atoms with van der Waals surface area (Å²) in [6.45, 7) is 0. The van der Waals surface area contributed by atoms with E-state index in [9.17, 15) is 23.1 Å². The normalized spacial score (nSPS) is 22.9. The molecule has 0 aromatic heterocycles. The number of carboxylic acid groups (broad SMARTS) is 1. The first-order valence-electron chi connectivity index (χ1n) is 8.54. The first-order valence-corrected chi connectivity index (χ1v) is 11.2. The Morgan fingerprint density at radius 3 is 2.46 bits per heavy atom. The number of carbonyl (C=O) groups is 2. The highest BCUT2D eigenvalue weighted by atomic mass is 32.2. The van der Waals surface area contributed by atoms with Gasteiger partial charge in [0.25, 0.3) is 0 Å². The van der Waals surface area contributed by atoms with E-state index in [0.717, 1.165) is 24.2 Å². The molecule has 9 heteroatoms. The molecular weight excluding hydrogens is 376 g/mol. The molecule has 1 amide bonds. The Bertz CT molecular complexity index is 782. The maximum Gasteiger partial charge on any atom is 0.330 e. The quantitative estimate of drug-likeness (QED) is 0.605. The summed E-state index contributed by atoms with van der Waals surface area (Å²) in [5, 5.41) is 12.0. The summed E-state index contributed by atoms with van der Waals surface area (Å²) < 4.78 is 26.9. The van der Waals surface area contributed by atoms with Gasteiger partial charge >= 0.3 is 5.97 Å². The van der Waals surface area contributed by atoms with Crippen molar-refractivity contribution in [3.05, 3.63) is 29.8 Å². The van der Waals surface area contributed by atoms with Crippen LogP contribution in [0.3, 0.4) is 0 Å². The lowest BCUT2D eigenvalue weighted by molar-refractivity contribution is -0.146. The minimum absolute atomic E-state index is 0.0543. The molecule has 0 bridgehead atoms. The maximum atomic E-state index is 12.1. The van der Waals surface area contributed by atoms with Gasteiger partial charge in [0.05, 0.1) is 4.90 Å². The number of nitrogens with one attached hydrogen (secondary N) is 2. The van der Waals surface area contributed by atoms with Gasteiger partial charge in [-0.2, -0.15) is 11.8 Å². The molecule has 3 rings (SSSR count). The Morgan fingerprint density at radius 2 is 1.92 bits per heavy atom. The summed E-state index contributed by atoms with van der Waals surface area (Å²) in [6.07, 6.45) is 2.77. The summed E-state index contributed by atoms with van der Waals surface area (Å²) in [4.78, 5) is 23.8. The van der Waals surface area contributed by atoms with Crippen LogP contribution in [-0.2, 0) is 26.0 Å². The van der Waals surface area contributed by atoms with Crippen LogP contribution in [0.15, 0.2) is 29.2 Å². The van der Waals surface area contributed by atoms with Crippen LogP contribution in [-0.4, -0.2) is 48.5 Å². The number of carboxylic acids is 1. The summed E-state index contributed by atoms with van der Waals surface area (Å²) >= 11 is 1.52. The number of carbonyl (C=O) groups excluding carboxylic acids is 1. The van der Waals surface area contributed by atoms with Crippen LogP contribution in [0.25, 0.3) is 0 Å². The van der Waals surface area contributed by atoms with E-state index in [1.165, 1.54) is 23.9 Å². The van der Waals surface area contributed by atoms with Gasteiger partial charge in [-0.3, -0.25) is 4.79 Å². The fraction of sp³-hybridized carbons (Fsp3) is 0.529. The molecule has 1 unspecified atom stereocenters. The van der Waals surface area contributed by atoms with Crippen LogP contribution in [0.1, 0.15) is 31.2 Å². The number of amides is 1. The number of thioether (sulfide) groups is 1. The number of hydrogen-bond acceptors (Lipinski definition) is 5. The molecule has 26 heavy (non-hydrogen) atoms. The molecule has 1 heterocycles. The van der Waals surface area contributed by atoms with Gasteiger partial charge in [0.2, 0.25) is 15.9 Å². The van der Waals surface area contributed by atoms with Crippen LogP contribution in [0, 0.1) is 0 Å². The van der Waals surface area contributed by atoms with Gasteiger partial charge in [0.15, 0.2) is 0 Å². The molecule has 0 spiro atoms. The largest absolute Gasteiger partial charge is 0.479 e. The molecule has 0 radical (unpaired) electrons. The van der Waals surface area contributed by atoms with Gasteiger partial charge in [-0.15, -0.1) is 0 Å². The summed E-state index contributed by atoms with van der Waals surface area (Å²) in [5.41, 5.74) is -0.329. The van der Waals surface area contributed by atoms with E-state index in [1.54, 1.807) is 12.1 Å². The minimum atomic E-state index is -3.48. The van der Waals surface area contributed by atoms with Crippen molar-refractivity contribution < 1.29 is 23.1 Å². The molecule has 1 saturated carbocycles. The number of hydrogen-bond donors (Lipinski definition) is 3. The zero-order valence-corrected chi connectivity index (χ0v) is 15.9. The standard InChI is InChI=1S/C17H22N2O5S2/c20-15(18-17(16(21)22)9-10-25-11-17)8-3-12-1-6-14(7-2-12)26(23,24)19-13-4-5-13/h1-2,6-7,13,19H,3-5,8-11H2,(H,18,20)(H,21,22). The number of aryl methyl sites for hydroxylation is 1. The van der Waals surface area contributed by atoms with E-state index in [0.29, 0.717) is 18.6 Å². The third-order valence-corrected chi connectivity index (χ3v) is 7.31. The first kappa shape index (κ1) is 19.2. The van der Waals surface area contributed by atoms with Crippen molar-refractivity contribution in [2.45, 2.75) is 48.6 Å².